The molecule has 0 unspecified atom stereocenters. The SMILES string of the molecule is O=C1N[C@@H](C(=O)O)CS[C@H]1Cc1ccccc1F. The lowest BCUT2D eigenvalue weighted by molar-refractivity contribution is -0.141. The molecule has 18 heavy (non-hydrogen) atoms. The van der Waals surface area contributed by atoms with Crippen LogP contribution in [0.2, 0.25) is 0 Å². The maximum absolute atomic E-state index is 13.4. The molecule has 0 saturated carbocycles. The van der Waals surface area contributed by atoms with Gasteiger partial charge in [-0.15, -0.1) is 11.8 Å². The van der Waals surface area contributed by atoms with E-state index in [1.807, 2.05) is 0 Å². The number of benzene rings is 1. The van der Waals surface area contributed by atoms with Crippen LogP contribution >= 0.6 is 11.8 Å². The molecule has 2 rings (SSSR count). The van der Waals surface area contributed by atoms with E-state index < -0.39 is 17.3 Å². The second-order valence-electron chi connectivity index (χ2n) is 4.02. The van der Waals surface area contributed by atoms with Gasteiger partial charge >= 0.3 is 5.97 Å². The minimum Gasteiger partial charge on any atom is -0.480 e. The summed E-state index contributed by atoms with van der Waals surface area (Å²) in [6.07, 6.45) is 0.273. The lowest BCUT2D eigenvalue weighted by atomic mass is 10.1. The molecule has 0 radical (unpaired) electrons. The summed E-state index contributed by atoms with van der Waals surface area (Å²) in [6, 6.07) is 5.43. The smallest absolute Gasteiger partial charge is 0.327 e. The van der Waals surface area contributed by atoms with Crippen LogP contribution in [0.15, 0.2) is 24.3 Å². The molecule has 0 aromatic heterocycles. The Kier molecular flexibility index (Phi) is 3.86. The van der Waals surface area contributed by atoms with Gasteiger partial charge in [0, 0.05) is 5.75 Å². The molecular formula is C12H12FNO3S. The van der Waals surface area contributed by atoms with Gasteiger partial charge in [0.05, 0.1) is 5.25 Å². The van der Waals surface area contributed by atoms with Gasteiger partial charge in [-0.2, -0.15) is 0 Å². The standard InChI is InChI=1S/C12H12FNO3S/c13-8-4-2-1-3-7(8)5-10-11(15)14-9(6-18-10)12(16)17/h1-4,9-10H,5-6H2,(H,14,15)(H,16,17)/t9-,10+/m1/s1. The number of thioether (sulfide) groups is 1. The van der Waals surface area contributed by atoms with Gasteiger partial charge < -0.3 is 10.4 Å². The summed E-state index contributed by atoms with van der Waals surface area (Å²) in [5.74, 6) is -1.42. The normalized spacial score (nSPS) is 23.5. The molecule has 1 amide bonds. The van der Waals surface area contributed by atoms with Crippen LogP contribution < -0.4 is 5.32 Å². The Bertz CT molecular complexity index is 480. The highest BCUT2D eigenvalue weighted by atomic mass is 32.2. The van der Waals surface area contributed by atoms with Crippen LogP contribution in [0.5, 0.6) is 0 Å². The van der Waals surface area contributed by atoms with Crippen molar-refractivity contribution >= 4 is 23.6 Å². The Hall–Kier alpha value is -1.56. The number of carboxylic acids is 1. The number of carboxylic acid groups (broad SMARTS) is 1. The second kappa shape index (κ2) is 5.39. The third kappa shape index (κ3) is 2.81. The molecule has 0 spiro atoms. The van der Waals surface area contributed by atoms with E-state index in [0.29, 0.717) is 11.3 Å². The average Bonchev–Trinajstić information content (AvgIpc) is 2.34. The van der Waals surface area contributed by atoms with Gasteiger partial charge in [-0.05, 0) is 18.1 Å². The molecule has 1 fully saturated rings. The zero-order chi connectivity index (χ0) is 13.1. The van der Waals surface area contributed by atoms with Crippen LogP contribution in [-0.4, -0.2) is 34.0 Å². The number of carbonyl (C=O) groups is 2. The number of hydrogen-bond donors (Lipinski definition) is 2. The van der Waals surface area contributed by atoms with Gasteiger partial charge in [-0.25, -0.2) is 9.18 Å². The number of halogens is 1. The third-order valence-corrected chi connectivity index (χ3v) is 4.04. The Morgan fingerprint density at radius 2 is 2.22 bits per heavy atom. The largest absolute Gasteiger partial charge is 0.480 e. The van der Waals surface area contributed by atoms with Crippen molar-refractivity contribution in [1.29, 1.82) is 0 Å². The number of aliphatic carboxylic acids is 1. The fourth-order valence-corrected chi connectivity index (χ4v) is 2.91. The molecule has 4 nitrogen and oxygen atoms in total. The quantitative estimate of drug-likeness (QED) is 0.861. The molecule has 0 aliphatic carbocycles. The van der Waals surface area contributed by atoms with Gasteiger partial charge in [-0.1, -0.05) is 18.2 Å². The van der Waals surface area contributed by atoms with E-state index in [1.165, 1.54) is 17.8 Å². The lowest BCUT2D eigenvalue weighted by Gasteiger charge is -2.26. The van der Waals surface area contributed by atoms with Crippen LogP contribution in [0, 0.1) is 5.82 Å². The lowest BCUT2D eigenvalue weighted by Crippen LogP contribution is -2.51. The minimum atomic E-state index is -1.04. The van der Waals surface area contributed by atoms with Crippen molar-refractivity contribution < 1.29 is 19.1 Å². The molecule has 1 aromatic carbocycles. The number of rotatable bonds is 3. The first-order valence-electron chi connectivity index (χ1n) is 5.46. The minimum absolute atomic E-state index is 0.273. The van der Waals surface area contributed by atoms with Gasteiger partial charge in [0.25, 0.3) is 0 Å². The van der Waals surface area contributed by atoms with E-state index in [0.717, 1.165) is 0 Å². The van der Waals surface area contributed by atoms with Gasteiger partial charge in [0.2, 0.25) is 5.91 Å². The number of amides is 1. The van der Waals surface area contributed by atoms with Crippen LogP contribution in [0.3, 0.4) is 0 Å². The summed E-state index contributed by atoms with van der Waals surface area (Å²) in [5, 5.41) is 10.8. The Morgan fingerprint density at radius 1 is 1.50 bits per heavy atom. The summed E-state index contributed by atoms with van der Waals surface area (Å²) < 4.78 is 13.4. The molecular weight excluding hydrogens is 257 g/mol. The second-order valence-corrected chi connectivity index (χ2v) is 5.25. The van der Waals surface area contributed by atoms with Crippen molar-refractivity contribution in [2.75, 3.05) is 5.75 Å². The van der Waals surface area contributed by atoms with E-state index in [2.05, 4.69) is 5.32 Å². The Morgan fingerprint density at radius 3 is 2.83 bits per heavy atom. The zero-order valence-corrected chi connectivity index (χ0v) is 10.2. The van der Waals surface area contributed by atoms with Crippen molar-refractivity contribution in [2.45, 2.75) is 17.7 Å². The van der Waals surface area contributed by atoms with E-state index in [1.54, 1.807) is 18.2 Å². The van der Waals surface area contributed by atoms with Crippen LogP contribution in [0.4, 0.5) is 4.39 Å². The van der Waals surface area contributed by atoms with Crippen LogP contribution in [0.25, 0.3) is 0 Å². The Balaban J connectivity index is 2.02. The van der Waals surface area contributed by atoms with Crippen LogP contribution in [-0.2, 0) is 16.0 Å². The molecule has 1 heterocycles. The average molecular weight is 269 g/mol. The summed E-state index contributed by atoms with van der Waals surface area (Å²) >= 11 is 1.25. The molecule has 96 valence electrons. The summed E-state index contributed by atoms with van der Waals surface area (Å²) in [7, 11) is 0. The zero-order valence-electron chi connectivity index (χ0n) is 9.43. The van der Waals surface area contributed by atoms with Crippen molar-refractivity contribution in [3.05, 3.63) is 35.6 Å². The highest BCUT2D eigenvalue weighted by Gasteiger charge is 2.32. The van der Waals surface area contributed by atoms with E-state index in [-0.39, 0.29) is 18.1 Å². The highest BCUT2D eigenvalue weighted by molar-refractivity contribution is 8.00. The first kappa shape index (κ1) is 12.9. The van der Waals surface area contributed by atoms with E-state index in [4.69, 9.17) is 5.11 Å². The molecule has 0 bridgehead atoms. The monoisotopic (exact) mass is 269 g/mol. The van der Waals surface area contributed by atoms with Crippen molar-refractivity contribution in [1.82, 2.24) is 5.32 Å². The molecule has 2 atom stereocenters. The van der Waals surface area contributed by atoms with Crippen molar-refractivity contribution in [3.63, 3.8) is 0 Å². The Labute approximate surface area is 108 Å². The van der Waals surface area contributed by atoms with Crippen molar-refractivity contribution in [3.8, 4) is 0 Å². The van der Waals surface area contributed by atoms with Gasteiger partial charge in [-0.3, -0.25) is 4.79 Å². The number of carbonyl (C=O) groups excluding carboxylic acids is 1. The van der Waals surface area contributed by atoms with Gasteiger partial charge in [0.1, 0.15) is 11.9 Å². The number of nitrogens with one attached hydrogen (secondary N) is 1. The summed E-state index contributed by atoms with van der Waals surface area (Å²) in [4.78, 5) is 22.4. The molecule has 1 saturated heterocycles. The predicted octanol–water partition coefficient (Wildman–Crippen LogP) is 1.05. The highest BCUT2D eigenvalue weighted by Crippen LogP contribution is 2.23. The predicted molar refractivity (Wildman–Crippen MR) is 65.9 cm³/mol. The maximum atomic E-state index is 13.4. The molecule has 1 aliphatic heterocycles. The molecule has 1 aliphatic rings. The fraction of sp³-hybridized carbons (Fsp3) is 0.333. The number of hydrogen-bond acceptors (Lipinski definition) is 3. The summed E-state index contributed by atoms with van der Waals surface area (Å²) in [6.45, 7) is 0. The molecule has 6 heteroatoms. The maximum Gasteiger partial charge on any atom is 0.327 e. The topological polar surface area (TPSA) is 66.4 Å². The van der Waals surface area contributed by atoms with Crippen LogP contribution in [0.1, 0.15) is 5.56 Å². The molecule has 2 N–H and O–H groups in total. The first-order valence-corrected chi connectivity index (χ1v) is 6.51. The van der Waals surface area contributed by atoms with Crippen molar-refractivity contribution in [2.24, 2.45) is 0 Å². The fourth-order valence-electron chi connectivity index (χ4n) is 1.74. The van der Waals surface area contributed by atoms with E-state index in [9.17, 15) is 14.0 Å². The summed E-state index contributed by atoms with van der Waals surface area (Å²) in [5.41, 5.74) is 0.471. The van der Waals surface area contributed by atoms with Gasteiger partial charge in [0.15, 0.2) is 0 Å². The van der Waals surface area contributed by atoms with E-state index >= 15 is 0 Å². The first-order chi connectivity index (χ1) is 8.58. The third-order valence-electron chi connectivity index (χ3n) is 2.73. The molecule has 1 aromatic rings.